The highest BCUT2D eigenvalue weighted by molar-refractivity contribution is 5.88. The Labute approximate surface area is 191 Å². The van der Waals surface area contributed by atoms with E-state index in [4.69, 9.17) is 11.6 Å². The van der Waals surface area contributed by atoms with Gasteiger partial charge in [0.2, 0.25) is 5.91 Å². The topological polar surface area (TPSA) is 95.9 Å². The highest BCUT2D eigenvalue weighted by Gasteiger charge is 2.48. The van der Waals surface area contributed by atoms with Gasteiger partial charge in [-0.3, -0.25) is 14.9 Å². The average Bonchev–Trinajstić information content (AvgIpc) is 3.25. The lowest BCUT2D eigenvalue weighted by molar-refractivity contribution is -0.152. The van der Waals surface area contributed by atoms with Crippen LogP contribution in [0.1, 0.15) is 64.8 Å². The van der Waals surface area contributed by atoms with Crippen molar-refractivity contribution >= 4 is 17.8 Å². The van der Waals surface area contributed by atoms with Gasteiger partial charge in [-0.2, -0.15) is 0 Å². The maximum Gasteiger partial charge on any atom is 0.326 e. The van der Waals surface area contributed by atoms with Gasteiger partial charge >= 0.3 is 11.9 Å². The van der Waals surface area contributed by atoms with E-state index in [1.807, 2.05) is 0 Å². The standard InChI is InChI=1S/C24H34N2O5/c1-3-31-24(30)19(14-13-17-9-5-4-6-10-17)25-16(2)22(27)26-20-12-8-7-11-18(20)15-21(26)23(28)29/h4-6,9-10,16,18-21,25H,3,7-8,11-15H2,1-2H3,(H,28,29)/t16-,18+,19-,20-,21-/m1/s1/i4D,5D,6D,9D,10D. The van der Waals surface area contributed by atoms with Gasteiger partial charge in [0.15, 0.2) is 0 Å². The Bertz CT molecular complexity index is 994. The summed E-state index contributed by atoms with van der Waals surface area (Å²) in [7, 11) is 0. The summed E-state index contributed by atoms with van der Waals surface area (Å²) in [6.07, 6.45) is 4.04. The van der Waals surface area contributed by atoms with Crippen molar-refractivity contribution in [3.05, 3.63) is 35.8 Å². The lowest BCUT2D eigenvalue weighted by Crippen LogP contribution is -2.55. The van der Waals surface area contributed by atoms with E-state index in [2.05, 4.69) is 5.32 Å². The lowest BCUT2D eigenvalue weighted by Gasteiger charge is -2.35. The van der Waals surface area contributed by atoms with E-state index in [0.717, 1.165) is 25.7 Å². The molecule has 0 radical (unpaired) electrons. The molecule has 1 aliphatic carbocycles. The molecule has 1 aliphatic heterocycles. The van der Waals surface area contributed by atoms with Gasteiger partial charge in [-0.05, 0) is 57.4 Å². The smallest absolute Gasteiger partial charge is 0.326 e. The number of carbonyl (C=O) groups excluding carboxylic acids is 2. The monoisotopic (exact) mass is 435 g/mol. The number of likely N-dealkylation sites (tertiary alicyclic amines) is 1. The molecule has 2 fully saturated rings. The van der Waals surface area contributed by atoms with Crippen molar-refractivity contribution in [2.45, 2.75) is 83.0 Å². The zero-order valence-corrected chi connectivity index (χ0v) is 18.1. The van der Waals surface area contributed by atoms with Crippen LogP contribution in [0.15, 0.2) is 30.2 Å². The summed E-state index contributed by atoms with van der Waals surface area (Å²) in [5.41, 5.74) is 0.0756. The number of hydrogen-bond donors (Lipinski definition) is 2. The van der Waals surface area contributed by atoms with Crippen molar-refractivity contribution in [3.63, 3.8) is 0 Å². The molecule has 0 aromatic heterocycles. The normalized spacial score (nSPS) is 27.1. The van der Waals surface area contributed by atoms with Crippen molar-refractivity contribution in [2.75, 3.05) is 6.61 Å². The fraction of sp³-hybridized carbons (Fsp3) is 0.625. The van der Waals surface area contributed by atoms with Crippen LogP contribution < -0.4 is 5.32 Å². The number of esters is 1. The number of rotatable bonds is 9. The fourth-order valence-electron chi connectivity index (χ4n) is 4.80. The van der Waals surface area contributed by atoms with Gasteiger partial charge in [0.25, 0.3) is 0 Å². The number of benzene rings is 1. The van der Waals surface area contributed by atoms with E-state index in [-0.39, 0.29) is 49.1 Å². The minimum absolute atomic E-state index is 0.0146. The summed E-state index contributed by atoms with van der Waals surface area (Å²) in [6.45, 7) is 3.32. The van der Waals surface area contributed by atoms with Crippen molar-refractivity contribution < 1.29 is 31.1 Å². The van der Waals surface area contributed by atoms with Crippen LogP contribution in [0.2, 0.25) is 0 Å². The Morgan fingerprint density at radius 3 is 2.65 bits per heavy atom. The number of carboxylic acids is 1. The zero-order valence-electron chi connectivity index (χ0n) is 23.1. The number of nitrogens with one attached hydrogen (secondary N) is 1. The third-order valence-electron chi connectivity index (χ3n) is 6.26. The van der Waals surface area contributed by atoms with Crippen LogP contribution in [-0.4, -0.2) is 58.6 Å². The van der Waals surface area contributed by atoms with Crippen LogP contribution in [0.25, 0.3) is 0 Å². The number of fused-ring (bicyclic) bond motifs is 1. The number of ether oxygens (including phenoxy) is 1. The number of carboxylic acid groups (broad SMARTS) is 1. The van der Waals surface area contributed by atoms with Gasteiger partial charge in [0.05, 0.1) is 19.5 Å². The van der Waals surface area contributed by atoms with Gasteiger partial charge in [0, 0.05) is 6.04 Å². The summed E-state index contributed by atoms with van der Waals surface area (Å²) in [6, 6.07) is -4.98. The second-order valence-electron chi connectivity index (χ2n) is 8.28. The Balaban J connectivity index is 1.79. The molecule has 1 aromatic carbocycles. The van der Waals surface area contributed by atoms with Crippen LogP contribution in [0.3, 0.4) is 0 Å². The Hall–Kier alpha value is -2.41. The molecule has 5 atom stereocenters. The first kappa shape index (κ1) is 17.2. The molecule has 0 bridgehead atoms. The van der Waals surface area contributed by atoms with E-state index in [9.17, 15) is 19.5 Å². The molecular weight excluding hydrogens is 396 g/mol. The van der Waals surface area contributed by atoms with Crippen LogP contribution in [-0.2, 0) is 25.5 Å². The molecule has 31 heavy (non-hydrogen) atoms. The first-order valence-corrected chi connectivity index (χ1v) is 11.0. The average molecular weight is 436 g/mol. The Morgan fingerprint density at radius 1 is 1.26 bits per heavy atom. The molecule has 1 saturated carbocycles. The Kier molecular flexibility index (Phi) is 5.96. The van der Waals surface area contributed by atoms with Gasteiger partial charge in [-0.25, -0.2) is 4.79 Å². The first-order chi connectivity index (χ1) is 17.0. The molecule has 1 heterocycles. The number of carbonyl (C=O) groups is 3. The molecule has 3 rings (SSSR count). The maximum absolute atomic E-state index is 13.5. The second-order valence-corrected chi connectivity index (χ2v) is 8.28. The number of nitrogens with zero attached hydrogens (tertiary/aromatic N) is 1. The zero-order chi connectivity index (χ0) is 26.7. The highest BCUT2D eigenvalue weighted by atomic mass is 16.5. The van der Waals surface area contributed by atoms with Crippen molar-refractivity contribution in [2.24, 2.45) is 5.92 Å². The molecule has 7 heteroatoms. The highest BCUT2D eigenvalue weighted by Crippen LogP contribution is 2.40. The molecular formula is C24H34N2O5. The third kappa shape index (κ3) is 5.64. The van der Waals surface area contributed by atoms with Gasteiger partial charge < -0.3 is 14.7 Å². The minimum atomic E-state index is -1.03. The van der Waals surface area contributed by atoms with Crippen LogP contribution in [0.5, 0.6) is 0 Å². The number of amides is 1. The van der Waals surface area contributed by atoms with Crippen molar-refractivity contribution in [3.8, 4) is 0 Å². The van der Waals surface area contributed by atoms with E-state index in [1.165, 1.54) is 4.90 Å². The molecule has 1 saturated heterocycles. The maximum atomic E-state index is 13.5. The third-order valence-corrected chi connectivity index (χ3v) is 6.26. The summed E-state index contributed by atoms with van der Waals surface area (Å²) >= 11 is 0. The summed E-state index contributed by atoms with van der Waals surface area (Å²) in [5.74, 6) is -1.90. The quantitative estimate of drug-likeness (QED) is 0.579. The van der Waals surface area contributed by atoms with Crippen molar-refractivity contribution in [1.29, 1.82) is 0 Å². The van der Waals surface area contributed by atoms with Crippen LogP contribution in [0, 0.1) is 5.92 Å². The predicted octanol–water partition coefficient (Wildman–Crippen LogP) is 2.77. The van der Waals surface area contributed by atoms with Gasteiger partial charge in [-0.1, -0.05) is 43.1 Å². The largest absolute Gasteiger partial charge is 0.480 e. The molecule has 0 unspecified atom stereocenters. The van der Waals surface area contributed by atoms with Gasteiger partial charge in [0.1, 0.15) is 12.1 Å². The fourth-order valence-corrected chi connectivity index (χ4v) is 4.80. The van der Waals surface area contributed by atoms with Crippen molar-refractivity contribution in [1.82, 2.24) is 10.2 Å². The SMILES string of the molecule is [2H]c1c([2H])c([2H])c(CC[C@@H](N[C@H](C)C(=O)N2[C@@H](C(=O)O)C[C@@H]3CCCC[C@H]32)C(=O)OCC)c([2H])c1[2H]. The second kappa shape index (κ2) is 10.8. The van der Waals surface area contributed by atoms with Crippen LogP contribution in [0.4, 0.5) is 0 Å². The predicted molar refractivity (Wildman–Crippen MR) is 116 cm³/mol. The molecule has 0 spiro atoms. The van der Waals surface area contributed by atoms with E-state index in [1.54, 1.807) is 13.8 Å². The molecule has 2 N–H and O–H groups in total. The minimum Gasteiger partial charge on any atom is -0.480 e. The molecule has 1 amide bonds. The molecule has 1 aromatic rings. The van der Waals surface area contributed by atoms with E-state index >= 15 is 0 Å². The van der Waals surface area contributed by atoms with Crippen LogP contribution >= 0.6 is 0 Å². The molecule has 7 nitrogen and oxygen atoms in total. The Morgan fingerprint density at radius 2 is 1.97 bits per heavy atom. The van der Waals surface area contributed by atoms with E-state index < -0.39 is 54.1 Å². The summed E-state index contributed by atoms with van der Waals surface area (Å²) in [5, 5.41) is 12.7. The molecule has 170 valence electrons. The summed E-state index contributed by atoms with van der Waals surface area (Å²) in [4.78, 5) is 39.6. The lowest BCUT2D eigenvalue weighted by atomic mass is 9.84. The number of hydrogen-bond acceptors (Lipinski definition) is 5. The summed E-state index contributed by atoms with van der Waals surface area (Å²) < 4.78 is 44.8. The first-order valence-electron chi connectivity index (χ1n) is 13.5. The number of aliphatic carboxylic acids is 1. The molecule has 2 aliphatic rings. The van der Waals surface area contributed by atoms with Gasteiger partial charge in [-0.15, -0.1) is 0 Å². The van der Waals surface area contributed by atoms with E-state index in [0.29, 0.717) is 6.42 Å².